The molecule has 0 aliphatic carbocycles. The van der Waals surface area contributed by atoms with E-state index in [1.165, 1.54) is 7.11 Å². The van der Waals surface area contributed by atoms with E-state index in [1.807, 2.05) is 0 Å². The molecule has 1 aliphatic rings. The summed E-state index contributed by atoms with van der Waals surface area (Å²) in [4.78, 5) is 37.9. The second-order valence-electron chi connectivity index (χ2n) is 9.03. The monoisotopic (exact) mass is 542 g/mol. The number of hydrogen-bond donors (Lipinski definition) is 0. The summed E-state index contributed by atoms with van der Waals surface area (Å²) in [5.41, 5.74) is 1.02. The predicted octanol–water partition coefficient (Wildman–Crippen LogP) is 3.62. The van der Waals surface area contributed by atoms with Gasteiger partial charge in [-0.3, -0.25) is 0 Å². The highest BCUT2D eigenvalue weighted by Gasteiger charge is 2.49. The molecule has 3 atom stereocenters. The summed E-state index contributed by atoms with van der Waals surface area (Å²) in [6, 6.07) is 15.7. The highest BCUT2D eigenvalue weighted by Crippen LogP contribution is 2.34. The molecular weight excluding hydrogens is 508 g/mol. The summed E-state index contributed by atoms with van der Waals surface area (Å²) >= 11 is 0. The van der Waals surface area contributed by atoms with Gasteiger partial charge in [-0.25, -0.2) is 14.4 Å². The Kier molecular flexibility index (Phi) is 10.6. The molecule has 1 fully saturated rings. The quantitative estimate of drug-likeness (QED) is 0.224. The van der Waals surface area contributed by atoms with Gasteiger partial charge in [0.05, 0.1) is 38.6 Å². The zero-order valence-electron chi connectivity index (χ0n) is 22.7. The number of ether oxygens (including phenoxy) is 7. The van der Waals surface area contributed by atoms with Crippen LogP contribution >= 0.6 is 0 Å². The minimum Gasteiger partial charge on any atom is -0.497 e. The third-order valence-corrected chi connectivity index (χ3v) is 5.79. The van der Waals surface area contributed by atoms with Crippen LogP contribution in [0.25, 0.3) is 0 Å². The van der Waals surface area contributed by atoms with Crippen molar-refractivity contribution in [1.29, 1.82) is 0 Å². The molecule has 1 saturated heterocycles. The third kappa shape index (κ3) is 8.38. The second-order valence-corrected chi connectivity index (χ2v) is 9.03. The molecule has 10 nitrogen and oxygen atoms in total. The maximum absolute atomic E-state index is 13.0. The number of methoxy groups -OCH3 is 2. The van der Waals surface area contributed by atoms with E-state index in [0.717, 1.165) is 11.6 Å². The van der Waals surface area contributed by atoms with Crippen molar-refractivity contribution in [3.63, 3.8) is 0 Å². The molecule has 0 amide bonds. The number of carbonyl (C=O) groups is 3. The summed E-state index contributed by atoms with van der Waals surface area (Å²) in [5.74, 6) is -2.55. The summed E-state index contributed by atoms with van der Waals surface area (Å²) in [5, 5.41) is 0. The predicted molar refractivity (Wildman–Crippen MR) is 139 cm³/mol. The van der Waals surface area contributed by atoms with Crippen molar-refractivity contribution in [3.05, 3.63) is 77.4 Å². The van der Waals surface area contributed by atoms with Gasteiger partial charge in [-0.2, -0.15) is 0 Å². The molecule has 210 valence electrons. The molecule has 3 rings (SSSR count). The first kappa shape index (κ1) is 29.8. The van der Waals surface area contributed by atoms with Crippen LogP contribution in [0.4, 0.5) is 0 Å². The fourth-order valence-corrected chi connectivity index (χ4v) is 3.99. The van der Waals surface area contributed by atoms with Crippen molar-refractivity contribution < 1.29 is 47.5 Å². The van der Waals surface area contributed by atoms with Gasteiger partial charge >= 0.3 is 17.9 Å². The van der Waals surface area contributed by atoms with Crippen LogP contribution in [0.2, 0.25) is 0 Å². The molecule has 0 saturated carbocycles. The number of carbonyl (C=O) groups excluding carboxylic acids is 3. The minimum absolute atomic E-state index is 0.0450. The summed E-state index contributed by atoms with van der Waals surface area (Å²) in [7, 11) is 2.76. The highest BCUT2D eigenvalue weighted by atomic mass is 16.8. The van der Waals surface area contributed by atoms with Gasteiger partial charge in [0.25, 0.3) is 0 Å². The van der Waals surface area contributed by atoms with Crippen LogP contribution in [0.5, 0.6) is 5.75 Å². The summed E-state index contributed by atoms with van der Waals surface area (Å²) in [6.07, 6.45) is -1.93. The molecule has 0 N–H and O–H groups in total. The van der Waals surface area contributed by atoms with E-state index in [9.17, 15) is 14.4 Å². The van der Waals surface area contributed by atoms with Crippen LogP contribution in [0.15, 0.2) is 66.2 Å². The SMILES string of the molecule is CCOC(=O)/C(=C\C(=O)OC)C(OCc1ccc(OC)cc1)C1OC(C)(C)O[C@H]1COC(=O)c1ccccc1. The van der Waals surface area contributed by atoms with Crippen LogP contribution in [-0.4, -0.2) is 69.4 Å². The lowest BCUT2D eigenvalue weighted by Crippen LogP contribution is -2.43. The maximum atomic E-state index is 13.0. The molecule has 1 aliphatic heterocycles. The Morgan fingerprint density at radius 3 is 2.28 bits per heavy atom. The zero-order valence-corrected chi connectivity index (χ0v) is 22.7. The molecule has 2 unspecified atom stereocenters. The van der Waals surface area contributed by atoms with E-state index in [-0.39, 0.29) is 25.4 Å². The van der Waals surface area contributed by atoms with Crippen LogP contribution in [0.1, 0.15) is 36.7 Å². The maximum Gasteiger partial charge on any atom is 0.338 e. The second kappa shape index (κ2) is 13.9. The van der Waals surface area contributed by atoms with Crippen LogP contribution in [0, 0.1) is 0 Å². The Morgan fingerprint density at radius 2 is 1.67 bits per heavy atom. The van der Waals surface area contributed by atoms with Crippen molar-refractivity contribution in [2.45, 2.75) is 51.5 Å². The van der Waals surface area contributed by atoms with Crippen molar-refractivity contribution >= 4 is 17.9 Å². The first-order valence-electron chi connectivity index (χ1n) is 12.5. The van der Waals surface area contributed by atoms with E-state index in [1.54, 1.807) is 82.5 Å². The molecule has 0 spiro atoms. The molecule has 2 aromatic rings. The zero-order chi connectivity index (χ0) is 28.4. The van der Waals surface area contributed by atoms with Crippen LogP contribution < -0.4 is 4.74 Å². The third-order valence-electron chi connectivity index (χ3n) is 5.79. The Labute approximate surface area is 227 Å². The van der Waals surface area contributed by atoms with Gasteiger partial charge in [-0.05, 0) is 50.6 Å². The fraction of sp³-hybridized carbons (Fsp3) is 0.414. The smallest absolute Gasteiger partial charge is 0.338 e. The Morgan fingerprint density at radius 1 is 0.974 bits per heavy atom. The molecule has 10 heteroatoms. The van der Waals surface area contributed by atoms with Gasteiger partial charge in [0.2, 0.25) is 0 Å². The molecule has 0 bridgehead atoms. The first-order valence-corrected chi connectivity index (χ1v) is 12.5. The van der Waals surface area contributed by atoms with Crippen LogP contribution in [0.3, 0.4) is 0 Å². The lowest BCUT2D eigenvalue weighted by Gasteiger charge is -2.28. The van der Waals surface area contributed by atoms with Crippen molar-refractivity contribution in [1.82, 2.24) is 0 Å². The van der Waals surface area contributed by atoms with Gasteiger partial charge in [0.15, 0.2) is 5.79 Å². The fourth-order valence-electron chi connectivity index (χ4n) is 3.99. The van der Waals surface area contributed by atoms with Gasteiger partial charge in [0.1, 0.15) is 30.7 Å². The lowest BCUT2D eigenvalue weighted by atomic mass is 9.99. The normalized spacial score (nSPS) is 19.2. The highest BCUT2D eigenvalue weighted by molar-refractivity contribution is 5.97. The van der Waals surface area contributed by atoms with Gasteiger partial charge < -0.3 is 33.2 Å². The first-order chi connectivity index (χ1) is 18.7. The van der Waals surface area contributed by atoms with Crippen molar-refractivity contribution in [3.8, 4) is 5.75 Å². The van der Waals surface area contributed by atoms with Crippen molar-refractivity contribution in [2.24, 2.45) is 0 Å². The van der Waals surface area contributed by atoms with Crippen LogP contribution in [-0.2, 0) is 44.6 Å². The largest absolute Gasteiger partial charge is 0.497 e. The van der Waals surface area contributed by atoms with E-state index in [0.29, 0.717) is 11.3 Å². The van der Waals surface area contributed by atoms with Gasteiger partial charge in [-0.15, -0.1) is 0 Å². The lowest BCUT2D eigenvalue weighted by molar-refractivity contribution is -0.161. The molecule has 2 aromatic carbocycles. The van der Waals surface area contributed by atoms with E-state index in [2.05, 4.69) is 0 Å². The van der Waals surface area contributed by atoms with Crippen molar-refractivity contribution in [2.75, 3.05) is 27.4 Å². The number of hydrogen-bond acceptors (Lipinski definition) is 10. The Balaban J connectivity index is 1.92. The van der Waals surface area contributed by atoms with E-state index >= 15 is 0 Å². The number of benzene rings is 2. The molecule has 0 aromatic heterocycles. The Hall–Kier alpha value is -3.73. The van der Waals surface area contributed by atoms with E-state index < -0.39 is 42.0 Å². The number of rotatable bonds is 12. The van der Waals surface area contributed by atoms with Gasteiger partial charge in [0, 0.05) is 6.08 Å². The average molecular weight is 543 g/mol. The molecular formula is C29H34O10. The number of esters is 3. The average Bonchev–Trinajstić information content (AvgIpc) is 3.25. The minimum atomic E-state index is -1.15. The van der Waals surface area contributed by atoms with Gasteiger partial charge in [-0.1, -0.05) is 30.3 Å². The Bertz CT molecular complexity index is 1140. The molecule has 0 radical (unpaired) electrons. The summed E-state index contributed by atoms with van der Waals surface area (Å²) < 4.78 is 39.1. The summed E-state index contributed by atoms with van der Waals surface area (Å²) in [6.45, 7) is 4.93. The molecule has 1 heterocycles. The topological polar surface area (TPSA) is 116 Å². The standard InChI is InChI=1S/C29H34O10/c1-6-35-28(32)22(16-24(30)34-5)25(36-17-19-12-14-21(33-4)15-13-19)26-23(38-29(2,3)39-26)18-37-27(31)20-10-8-7-9-11-20/h7-16,23,25-26H,6,17-18H2,1-5H3/b22-16-/t23-,25?,26?/m0/s1. The van der Waals surface area contributed by atoms with E-state index in [4.69, 9.17) is 33.2 Å². The molecule has 39 heavy (non-hydrogen) atoms.